The Labute approximate surface area is 129 Å². The Morgan fingerprint density at radius 3 is 2.86 bits per heavy atom. The molecule has 2 amide bonds. The first kappa shape index (κ1) is 14.1. The molecule has 2 N–H and O–H groups in total. The van der Waals surface area contributed by atoms with Crippen LogP contribution in [0, 0.1) is 6.92 Å². The van der Waals surface area contributed by atoms with Crippen LogP contribution in [-0.4, -0.2) is 31.4 Å². The summed E-state index contributed by atoms with van der Waals surface area (Å²) in [5.41, 5.74) is 1.30. The lowest BCUT2D eigenvalue weighted by Crippen LogP contribution is -2.14. The van der Waals surface area contributed by atoms with Crippen molar-refractivity contribution in [1.29, 1.82) is 0 Å². The topological polar surface area (TPSA) is 101 Å². The molecule has 0 bridgehead atoms. The van der Waals surface area contributed by atoms with Gasteiger partial charge >= 0.3 is 0 Å². The first-order valence-corrected chi connectivity index (χ1v) is 7.27. The van der Waals surface area contributed by atoms with Crippen LogP contribution in [-0.2, 0) is 4.79 Å². The number of pyridine rings is 1. The summed E-state index contributed by atoms with van der Waals surface area (Å²) in [7, 11) is 0. The summed E-state index contributed by atoms with van der Waals surface area (Å²) in [6.45, 7) is 3.28. The van der Waals surface area contributed by atoms with Crippen LogP contribution in [0.2, 0.25) is 0 Å². The van der Waals surface area contributed by atoms with Crippen molar-refractivity contribution in [3.05, 3.63) is 35.0 Å². The molecular weight excluding hydrogens is 304 g/mol. The minimum atomic E-state index is -0.370. The van der Waals surface area contributed by atoms with E-state index in [1.165, 1.54) is 30.5 Å². The number of anilines is 2. The maximum absolute atomic E-state index is 12.2. The second-order valence-corrected chi connectivity index (χ2v) is 5.41. The third-order valence-electron chi connectivity index (χ3n) is 2.80. The molecule has 8 nitrogen and oxygen atoms in total. The normalized spacial score (nSPS) is 10.6. The number of nitrogens with zero attached hydrogens (tertiary/aromatic N) is 4. The van der Waals surface area contributed by atoms with Crippen LogP contribution in [0.25, 0.3) is 4.96 Å². The van der Waals surface area contributed by atoms with Crippen LogP contribution >= 0.6 is 11.3 Å². The van der Waals surface area contributed by atoms with Gasteiger partial charge in [0, 0.05) is 24.1 Å². The first-order chi connectivity index (χ1) is 10.5. The van der Waals surface area contributed by atoms with Crippen molar-refractivity contribution in [2.45, 2.75) is 13.8 Å². The Morgan fingerprint density at radius 2 is 2.14 bits per heavy atom. The number of amides is 2. The van der Waals surface area contributed by atoms with E-state index in [0.717, 1.165) is 5.69 Å². The lowest BCUT2D eigenvalue weighted by Gasteiger charge is -2.04. The van der Waals surface area contributed by atoms with Crippen molar-refractivity contribution < 1.29 is 9.59 Å². The molecule has 112 valence electrons. The summed E-state index contributed by atoms with van der Waals surface area (Å²) >= 11 is 1.45. The van der Waals surface area contributed by atoms with Crippen LogP contribution in [0.3, 0.4) is 0 Å². The molecule has 3 aromatic heterocycles. The Kier molecular flexibility index (Phi) is 3.55. The summed E-state index contributed by atoms with van der Waals surface area (Å²) in [4.78, 5) is 32.1. The highest BCUT2D eigenvalue weighted by Gasteiger charge is 2.12. The molecule has 0 unspecified atom stereocenters. The van der Waals surface area contributed by atoms with E-state index in [1.807, 2.05) is 12.3 Å². The Morgan fingerprint density at radius 1 is 1.32 bits per heavy atom. The fraction of sp³-hybridized carbons (Fsp3) is 0.154. The first-order valence-electron chi connectivity index (χ1n) is 6.39. The van der Waals surface area contributed by atoms with E-state index >= 15 is 0 Å². The lowest BCUT2D eigenvalue weighted by molar-refractivity contribution is -0.114. The molecule has 0 aliphatic rings. The molecule has 0 saturated heterocycles. The SMILES string of the molecule is CC(=O)Nc1cc(C(=O)Nc2nc3scc(C)n3n2)ccn1. The number of hydrogen-bond acceptors (Lipinski definition) is 6. The number of fused-ring (bicyclic) bond motifs is 1. The van der Waals surface area contributed by atoms with Gasteiger partial charge in [-0.3, -0.25) is 14.9 Å². The summed E-state index contributed by atoms with van der Waals surface area (Å²) < 4.78 is 1.66. The summed E-state index contributed by atoms with van der Waals surface area (Å²) in [6.07, 6.45) is 1.45. The van der Waals surface area contributed by atoms with Gasteiger partial charge in [-0.2, -0.15) is 4.98 Å². The molecule has 3 aromatic rings. The maximum atomic E-state index is 12.2. The van der Waals surface area contributed by atoms with E-state index in [9.17, 15) is 9.59 Å². The predicted molar refractivity (Wildman–Crippen MR) is 82.1 cm³/mol. The smallest absolute Gasteiger partial charge is 0.258 e. The largest absolute Gasteiger partial charge is 0.311 e. The van der Waals surface area contributed by atoms with Crippen LogP contribution in [0.15, 0.2) is 23.7 Å². The molecule has 9 heteroatoms. The molecule has 0 fully saturated rings. The molecule has 0 spiro atoms. The van der Waals surface area contributed by atoms with Gasteiger partial charge < -0.3 is 5.32 Å². The van der Waals surface area contributed by atoms with Gasteiger partial charge in [-0.05, 0) is 19.1 Å². The number of nitrogens with one attached hydrogen (secondary N) is 2. The zero-order valence-corrected chi connectivity index (χ0v) is 12.6. The maximum Gasteiger partial charge on any atom is 0.258 e. The third kappa shape index (κ3) is 2.79. The van der Waals surface area contributed by atoms with E-state index in [1.54, 1.807) is 10.6 Å². The van der Waals surface area contributed by atoms with Crippen LogP contribution in [0.1, 0.15) is 23.0 Å². The van der Waals surface area contributed by atoms with E-state index in [-0.39, 0.29) is 17.8 Å². The average molecular weight is 316 g/mol. The van der Waals surface area contributed by atoms with Crippen LogP contribution in [0.5, 0.6) is 0 Å². The number of carbonyl (C=O) groups is 2. The molecular formula is C13H12N6O2S. The van der Waals surface area contributed by atoms with Crippen molar-refractivity contribution in [3.8, 4) is 0 Å². The highest BCUT2D eigenvalue weighted by Crippen LogP contribution is 2.16. The fourth-order valence-electron chi connectivity index (χ4n) is 1.84. The van der Waals surface area contributed by atoms with E-state index in [0.29, 0.717) is 16.3 Å². The fourth-order valence-corrected chi connectivity index (χ4v) is 2.64. The number of aromatic nitrogens is 4. The average Bonchev–Trinajstić information content (AvgIpc) is 3.01. The number of aryl methyl sites for hydroxylation is 1. The standard InChI is InChI=1S/C13H12N6O2S/c1-7-6-22-13-17-12(18-19(7)13)16-11(21)9-3-4-14-10(5-9)15-8(2)20/h3-6H,1-2H3,(H,14,15,20)(H,16,18,21). The quantitative estimate of drug-likeness (QED) is 0.766. The number of thiazole rings is 1. The molecule has 0 aliphatic heterocycles. The van der Waals surface area contributed by atoms with E-state index in [4.69, 9.17) is 0 Å². The Hall–Kier alpha value is -2.81. The monoisotopic (exact) mass is 316 g/mol. The van der Waals surface area contributed by atoms with Gasteiger partial charge in [-0.15, -0.1) is 16.4 Å². The predicted octanol–water partition coefficient (Wildman–Crippen LogP) is 1.70. The van der Waals surface area contributed by atoms with Crippen LogP contribution < -0.4 is 10.6 Å². The minimum absolute atomic E-state index is 0.234. The zero-order chi connectivity index (χ0) is 15.7. The van der Waals surface area contributed by atoms with E-state index in [2.05, 4.69) is 25.7 Å². The third-order valence-corrected chi connectivity index (χ3v) is 3.73. The molecule has 0 saturated carbocycles. The van der Waals surface area contributed by atoms with Gasteiger partial charge in [0.05, 0.1) is 5.69 Å². The highest BCUT2D eigenvalue weighted by molar-refractivity contribution is 7.15. The second kappa shape index (κ2) is 5.53. The lowest BCUT2D eigenvalue weighted by atomic mass is 10.2. The molecule has 0 aliphatic carbocycles. The Balaban J connectivity index is 1.80. The molecule has 0 atom stereocenters. The zero-order valence-electron chi connectivity index (χ0n) is 11.8. The highest BCUT2D eigenvalue weighted by atomic mass is 32.1. The van der Waals surface area contributed by atoms with Gasteiger partial charge in [0.2, 0.25) is 10.9 Å². The summed E-state index contributed by atoms with van der Waals surface area (Å²) in [5.74, 6) is -0.0749. The van der Waals surface area contributed by atoms with Gasteiger partial charge in [0.25, 0.3) is 11.9 Å². The van der Waals surface area contributed by atoms with Gasteiger partial charge in [-0.1, -0.05) is 0 Å². The van der Waals surface area contributed by atoms with E-state index < -0.39 is 0 Å². The van der Waals surface area contributed by atoms with Crippen molar-refractivity contribution in [2.24, 2.45) is 0 Å². The molecule has 3 rings (SSSR count). The van der Waals surface area contributed by atoms with Crippen molar-refractivity contribution in [1.82, 2.24) is 19.6 Å². The van der Waals surface area contributed by atoms with Gasteiger partial charge in [0.1, 0.15) is 5.82 Å². The number of rotatable bonds is 3. The number of carbonyl (C=O) groups excluding carboxylic acids is 2. The Bertz CT molecular complexity index is 868. The van der Waals surface area contributed by atoms with Crippen LogP contribution in [0.4, 0.5) is 11.8 Å². The second-order valence-electron chi connectivity index (χ2n) is 4.57. The van der Waals surface area contributed by atoms with Crippen molar-refractivity contribution in [3.63, 3.8) is 0 Å². The molecule has 22 heavy (non-hydrogen) atoms. The minimum Gasteiger partial charge on any atom is -0.311 e. The summed E-state index contributed by atoms with van der Waals surface area (Å²) in [6, 6.07) is 3.03. The molecule has 3 heterocycles. The number of hydrogen-bond donors (Lipinski definition) is 2. The molecule has 0 aromatic carbocycles. The summed E-state index contributed by atoms with van der Waals surface area (Å²) in [5, 5.41) is 11.3. The van der Waals surface area contributed by atoms with Crippen molar-refractivity contribution in [2.75, 3.05) is 10.6 Å². The van der Waals surface area contributed by atoms with Crippen molar-refractivity contribution >= 4 is 39.9 Å². The van der Waals surface area contributed by atoms with Gasteiger partial charge in [0.15, 0.2) is 0 Å². The molecule has 0 radical (unpaired) electrons. The van der Waals surface area contributed by atoms with Gasteiger partial charge in [-0.25, -0.2) is 9.50 Å².